The highest BCUT2D eigenvalue weighted by Crippen LogP contribution is 2.44. The zero-order chi connectivity index (χ0) is 12.5. The summed E-state index contributed by atoms with van der Waals surface area (Å²) in [6, 6.07) is 13.0. The second kappa shape index (κ2) is 4.85. The van der Waals surface area contributed by atoms with Crippen LogP contribution in [0.3, 0.4) is 0 Å². The first-order valence-electron chi connectivity index (χ1n) is 6.39. The Morgan fingerprint density at radius 2 is 1.89 bits per heavy atom. The lowest BCUT2D eigenvalue weighted by Gasteiger charge is -2.36. The zero-order valence-electron chi connectivity index (χ0n) is 10.4. The van der Waals surface area contributed by atoms with Crippen molar-refractivity contribution in [2.24, 2.45) is 0 Å². The van der Waals surface area contributed by atoms with Crippen molar-refractivity contribution in [2.45, 2.75) is 30.0 Å². The van der Waals surface area contributed by atoms with E-state index >= 15 is 0 Å². The van der Waals surface area contributed by atoms with E-state index in [1.54, 1.807) is 0 Å². The average Bonchev–Trinajstić information content (AvgIpc) is 2.40. The third-order valence-electron chi connectivity index (χ3n) is 3.99. The smallest absolute Gasteiger partial charge is 0.0283 e. The normalized spacial score (nSPS) is 20.7. The van der Waals surface area contributed by atoms with Gasteiger partial charge in [0.05, 0.1) is 0 Å². The predicted molar refractivity (Wildman–Crippen MR) is 78.3 cm³/mol. The fourth-order valence-electron chi connectivity index (χ4n) is 2.78. The van der Waals surface area contributed by atoms with Crippen LogP contribution in [0.1, 0.15) is 35.4 Å². The number of hydrogen-bond acceptors (Lipinski definition) is 1. The van der Waals surface area contributed by atoms with Gasteiger partial charge in [-0.2, -0.15) is 0 Å². The highest BCUT2D eigenvalue weighted by molar-refractivity contribution is 9.09. The third-order valence-corrected chi connectivity index (χ3v) is 5.42. The first-order chi connectivity index (χ1) is 8.77. The highest BCUT2D eigenvalue weighted by Gasteiger charge is 2.34. The van der Waals surface area contributed by atoms with Crippen molar-refractivity contribution in [3.63, 3.8) is 0 Å². The summed E-state index contributed by atoms with van der Waals surface area (Å²) in [4.78, 5) is 4.58. The number of benzene rings is 1. The molecule has 1 aliphatic carbocycles. The van der Waals surface area contributed by atoms with Crippen molar-refractivity contribution in [1.29, 1.82) is 0 Å². The van der Waals surface area contributed by atoms with Gasteiger partial charge in [-0.1, -0.05) is 47.1 Å². The molecular formula is C16H16BrN. The molecule has 0 N–H and O–H groups in total. The Morgan fingerprint density at radius 3 is 2.61 bits per heavy atom. The van der Waals surface area contributed by atoms with E-state index in [2.05, 4.69) is 64.2 Å². The molecule has 0 spiro atoms. The lowest BCUT2D eigenvalue weighted by atomic mass is 9.72. The predicted octanol–water partition coefficient (Wildman–Crippen LogP) is 4.29. The number of nitrogens with zero attached hydrogens (tertiary/aromatic N) is 1. The lowest BCUT2D eigenvalue weighted by molar-refractivity contribution is 0.532. The quantitative estimate of drug-likeness (QED) is 0.771. The van der Waals surface area contributed by atoms with Gasteiger partial charge in [0, 0.05) is 23.1 Å². The van der Waals surface area contributed by atoms with Gasteiger partial charge in [-0.3, -0.25) is 4.98 Å². The fraction of sp³-hybridized carbons (Fsp3) is 0.312. The lowest BCUT2D eigenvalue weighted by Crippen LogP contribution is -2.28. The summed E-state index contributed by atoms with van der Waals surface area (Å²) < 4.78 is 0. The standard InChI is InChI=1S/C16H16BrN/c1-11(12-6-8-18-9-7-12)16(17)15-10-13-4-2-3-5-14(13)15/h2-9,11,15-16H,10H2,1H3. The van der Waals surface area contributed by atoms with Crippen molar-refractivity contribution in [3.05, 3.63) is 65.5 Å². The molecule has 3 atom stereocenters. The number of halogens is 1. The molecule has 3 rings (SSSR count). The van der Waals surface area contributed by atoms with Crippen molar-refractivity contribution in [1.82, 2.24) is 4.98 Å². The summed E-state index contributed by atoms with van der Waals surface area (Å²) in [6.45, 7) is 2.29. The molecule has 0 amide bonds. The first-order valence-corrected chi connectivity index (χ1v) is 7.30. The molecule has 2 aromatic rings. The van der Waals surface area contributed by atoms with E-state index in [4.69, 9.17) is 0 Å². The molecule has 0 aliphatic heterocycles. The summed E-state index contributed by atoms with van der Waals surface area (Å²) in [5, 5.41) is 0. The summed E-state index contributed by atoms with van der Waals surface area (Å²) in [5.74, 6) is 1.15. The molecule has 18 heavy (non-hydrogen) atoms. The van der Waals surface area contributed by atoms with Crippen LogP contribution < -0.4 is 0 Å². The molecule has 0 radical (unpaired) electrons. The van der Waals surface area contributed by atoms with Crippen molar-refractivity contribution in [2.75, 3.05) is 0 Å². The summed E-state index contributed by atoms with van der Waals surface area (Å²) >= 11 is 3.91. The maximum Gasteiger partial charge on any atom is 0.0283 e. The van der Waals surface area contributed by atoms with Gasteiger partial charge in [0.2, 0.25) is 0 Å². The van der Waals surface area contributed by atoms with E-state index in [0.717, 1.165) is 0 Å². The van der Waals surface area contributed by atoms with Crippen molar-refractivity contribution in [3.8, 4) is 0 Å². The number of rotatable bonds is 3. The van der Waals surface area contributed by atoms with Crippen LogP contribution in [-0.4, -0.2) is 9.81 Å². The maximum absolute atomic E-state index is 4.09. The maximum atomic E-state index is 4.09. The van der Waals surface area contributed by atoms with Gasteiger partial charge in [0.15, 0.2) is 0 Å². The Kier molecular flexibility index (Phi) is 3.21. The zero-order valence-corrected chi connectivity index (χ0v) is 12.0. The number of alkyl halides is 1. The van der Waals surface area contributed by atoms with Crippen LogP contribution in [0.25, 0.3) is 0 Å². The van der Waals surface area contributed by atoms with Gasteiger partial charge in [-0.05, 0) is 41.2 Å². The minimum atomic E-state index is 0.495. The molecule has 1 nitrogen and oxygen atoms in total. The number of hydrogen-bond donors (Lipinski definition) is 0. The minimum Gasteiger partial charge on any atom is -0.265 e. The number of fused-ring (bicyclic) bond motifs is 1. The summed E-state index contributed by atoms with van der Waals surface area (Å²) in [5.41, 5.74) is 4.38. The molecule has 0 saturated carbocycles. The van der Waals surface area contributed by atoms with Gasteiger partial charge in [-0.15, -0.1) is 0 Å². The highest BCUT2D eigenvalue weighted by atomic mass is 79.9. The Morgan fingerprint density at radius 1 is 1.17 bits per heavy atom. The molecule has 2 heteroatoms. The van der Waals surface area contributed by atoms with Crippen LogP contribution in [0.2, 0.25) is 0 Å². The van der Waals surface area contributed by atoms with Gasteiger partial charge in [0.25, 0.3) is 0 Å². The van der Waals surface area contributed by atoms with E-state index in [9.17, 15) is 0 Å². The van der Waals surface area contributed by atoms with Crippen LogP contribution in [0.4, 0.5) is 0 Å². The third kappa shape index (κ3) is 1.99. The van der Waals surface area contributed by atoms with E-state index in [1.165, 1.54) is 23.1 Å². The molecule has 1 aromatic heterocycles. The molecule has 0 fully saturated rings. The largest absolute Gasteiger partial charge is 0.265 e. The molecule has 1 aromatic carbocycles. The first kappa shape index (κ1) is 11.9. The van der Waals surface area contributed by atoms with Crippen LogP contribution in [-0.2, 0) is 6.42 Å². The Bertz CT molecular complexity index is 536. The van der Waals surface area contributed by atoms with Gasteiger partial charge < -0.3 is 0 Å². The van der Waals surface area contributed by atoms with E-state index in [-0.39, 0.29) is 0 Å². The average molecular weight is 302 g/mol. The molecule has 1 aliphatic rings. The number of pyridine rings is 1. The topological polar surface area (TPSA) is 12.9 Å². The Balaban J connectivity index is 1.79. The Hall–Kier alpha value is -1.15. The molecule has 0 bridgehead atoms. The fourth-order valence-corrected chi connectivity index (χ4v) is 3.56. The van der Waals surface area contributed by atoms with Gasteiger partial charge >= 0.3 is 0 Å². The second-order valence-corrected chi connectivity index (χ2v) is 6.08. The monoisotopic (exact) mass is 301 g/mol. The van der Waals surface area contributed by atoms with Crippen LogP contribution in [0.5, 0.6) is 0 Å². The van der Waals surface area contributed by atoms with Crippen LogP contribution in [0, 0.1) is 0 Å². The molecular weight excluding hydrogens is 286 g/mol. The van der Waals surface area contributed by atoms with E-state index in [1.807, 2.05) is 12.4 Å². The molecule has 1 heterocycles. The van der Waals surface area contributed by atoms with Crippen LogP contribution >= 0.6 is 15.9 Å². The summed E-state index contributed by atoms with van der Waals surface area (Å²) in [6.07, 6.45) is 4.95. The summed E-state index contributed by atoms with van der Waals surface area (Å²) in [7, 11) is 0. The van der Waals surface area contributed by atoms with Crippen molar-refractivity contribution >= 4 is 15.9 Å². The Labute approximate surface area is 116 Å². The minimum absolute atomic E-state index is 0.495. The SMILES string of the molecule is CC(c1ccncc1)C(Br)C1Cc2ccccc21. The van der Waals surface area contributed by atoms with E-state index in [0.29, 0.717) is 16.7 Å². The second-order valence-electron chi connectivity index (χ2n) is 5.02. The molecule has 92 valence electrons. The van der Waals surface area contributed by atoms with E-state index < -0.39 is 0 Å². The molecule has 0 saturated heterocycles. The van der Waals surface area contributed by atoms with Gasteiger partial charge in [0.1, 0.15) is 0 Å². The molecule has 3 unspecified atom stereocenters. The number of aromatic nitrogens is 1. The van der Waals surface area contributed by atoms with Gasteiger partial charge in [-0.25, -0.2) is 0 Å². The van der Waals surface area contributed by atoms with Crippen molar-refractivity contribution < 1.29 is 0 Å². The van der Waals surface area contributed by atoms with Crippen LogP contribution in [0.15, 0.2) is 48.8 Å².